The number of nitrogens with one attached hydrogen (secondary N) is 1. The number of ether oxygens (including phenoxy) is 1. The Bertz CT molecular complexity index is 1040. The number of hydrogen-bond donors (Lipinski definition) is 2. The molecular weight excluding hydrogens is 430 g/mol. The standard InChI is InChI=1S/C17H19N5O5S.CH2O2/c23-13-9-20(2-1-18-13)14(24)11-8-21(3-5-27-10-11)15(25)12-7-19-17-22(16(12)26)4-6-28-17;2-1-3/h4,6-7,11H,1-3,5,8-10H2,(H,18,23);1H,(H,2,3). The number of carbonyl (C=O) groups is 4. The molecule has 1 atom stereocenters. The van der Waals surface area contributed by atoms with Crippen LogP contribution >= 0.6 is 11.3 Å². The number of amides is 3. The molecule has 0 radical (unpaired) electrons. The highest BCUT2D eigenvalue weighted by Crippen LogP contribution is 2.14. The molecular formula is C18H21N5O7S. The molecule has 13 heteroatoms. The molecule has 0 aromatic carbocycles. The van der Waals surface area contributed by atoms with Crippen LogP contribution in [0.1, 0.15) is 10.4 Å². The van der Waals surface area contributed by atoms with Gasteiger partial charge in [-0.15, -0.1) is 11.3 Å². The number of nitrogens with zero attached hydrogens (tertiary/aromatic N) is 4. The Kier molecular flexibility index (Phi) is 7.31. The van der Waals surface area contributed by atoms with Crippen LogP contribution in [0.5, 0.6) is 0 Å². The number of fused-ring (bicyclic) bond motifs is 1. The molecule has 2 saturated heterocycles. The van der Waals surface area contributed by atoms with E-state index in [4.69, 9.17) is 14.6 Å². The quantitative estimate of drug-likeness (QED) is 0.524. The zero-order chi connectivity index (χ0) is 22.4. The van der Waals surface area contributed by atoms with E-state index in [9.17, 15) is 19.2 Å². The van der Waals surface area contributed by atoms with Crippen LogP contribution in [-0.2, 0) is 19.1 Å². The maximum atomic E-state index is 13.0. The molecule has 4 rings (SSSR count). The molecule has 3 amide bonds. The van der Waals surface area contributed by atoms with Crippen molar-refractivity contribution in [3.05, 3.63) is 33.7 Å². The summed E-state index contributed by atoms with van der Waals surface area (Å²) in [4.78, 5) is 65.9. The van der Waals surface area contributed by atoms with Crippen LogP contribution in [0.3, 0.4) is 0 Å². The summed E-state index contributed by atoms with van der Waals surface area (Å²) < 4.78 is 6.85. The average molecular weight is 451 g/mol. The second kappa shape index (κ2) is 10.1. The normalized spacial score (nSPS) is 19.1. The van der Waals surface area contributed by atoms with Crippen molar-refractivity contribution in [1.29, 1.82) is 0 Å². The van der Waals surface area contributed by atoms with Crippen LogP contribution in [0, 0.1) is 5.92 Å². The van der Waals surface area contributed by atoms with E-state index in [0.29, 0.717) is 18.1 Å². The van der Waals surface area contributed by atoms with Crippen LogP contribution in [0.2, 0.25) is 0 Å². The van der Waals surface area contributed by atoms with E-state index >= 15 is 0 Å². The lowest BCUT2D eigenvalue weighted by Crippen LogP contribution is -2.53. The Balaban J connectivity index is 0.000000858. The molecule has 2 aromatic rings. The van der Waals surface area contributed by atoms with Gasteiger partial charge in [-0.25, -0.2) is 4.98 Å². The van der Waals surface area contributed by atoms with Crippen molar-refractivity contribution in [2.24, 2.45) is 5.92 Å². The SMILES string of the molecule is O=C1CN(C(=O)C2COCCN(C(=O)c3cnc4sccn4c3=O)C2)CCN1.O=CO. The highest BCUT2D eigenvalue weighted by molar-refractivity contribution is 7.15. The summed E-state index contributed by atoms with van der Waals surface area (Å²) in [5, 5.41) is 11.3. The Morgan fingerprint density at radius 1 is 1.29 bits per heavy atom. The summed E-state index contributed by atoms with van der Waals surface area (Å²) in [5.41, 5.74) is -0.474. The maximum Gasteiger partial charge on any atom is 0.290 e. The van der Waals surface area contributed by atoms with Gasteiger partial charge < -0.3 is 25.0 Å². The molecule has 12 nitrogen and oxygen atoms in total. The molecule has 2 aromatic heterocycles. The van der Waals surface area contributed by atoms with E-state index in [-0.39, 0.29) is 56.7 Å². The Morgan fingerprint density at radius 3 is 2.81 bits per heavy atom. The largest absolute Gasteiger partial charge is 0.483 e. The number of hydrogen-bond acceptors (Lipinski definition) is 8. The van der Waals surface area contributed by atoms with Gasteiger partial charge in [0.15, 0.2) is 4.96 Å². The average Bonchev–Trinajstić information content (AvgIpc) is 3.11. The van der Waals surface area contributed by atoms with Gasteiger partial charge in [-0.3, -0.25) is 28.4 Å². The van der Waals surface area contributed by atoms with Gasteiger partial charge in [0.1, 0.15) is 5.56 Å². The summed E-state index contributed by atoms with van der Waals surface area (Å²) in [6.07, 6.45) is 2.86. The van der Waals surface area contributed by atoms with E-state index in [1.807, 2.05) is 0 Å². The fourth-order valence-corrected chi connectivity index (χ4v) is 4.05. The lowest BCUT2D eigenvalue weighted by molar-refractivity contribution is -0.142. The lowest BCUT2D eigenvalue weighted by Gasteiger charge is -2.31. The van der Waals surface area contributed by atoms with Crippen molar-refractivity contribution in [1.82, 2.24) is 24.5 Å². The summed E-state index contributed by atoms with van der Waals surface area (Å²) in [5.74, 6) is -1.49. The van der Waals surface area contributed by atoms with Crippen LogP contribution in [0.15, 0.2) is 22.6 Å². The van der Waals surface area contributed by atoms with Crippen LogP contribution in [0.25, 0.3) is 4.96 Å². The zero-order valence-electron chi connectivity index (χ0n) is 16.4. The molecule has 4 heterocycles. The fraction of sp³-hybridized carbons (Fsp3) is 0.444. The molecule has 2 aliphatic rings. The van der Waals surface area contributed by atoms with E-state index in [0.717, 1.165) is 0 Å². The number of rotatable bonds is 2. The number of carboxylic acid groups (broad SMARTS) is 1. The van der Waals surface area contributed by atoms with Gasteiger partial charge in [0.05, 0.1) is 25.7 Å². The van der Waals surface area contributed by atoms with E-state index in [2.05, 4.69) is 10.3 Å². The fourth-order valence-electron chi connectivity index (χ4n) is 3.37. The molecule has 0 saturated carbocycles. The first-order valence-electron chi connectivity index (χ1n) is 9.41. The monoisotopic (exact) mass is 451 g/mol. The lowest BCUT2D eigenvalue weighted by atomic mass is 10.1. The van der Waals surface area contributed by atoms with Gasteiger partial charge >= 0.3 is 0 Å². The summed E-state index contributed by atoms with van der Waals surface area (Å²) >= 11 is 1.31. The van der Waals surface area contributed by atoms with Crippen molar-refractivity contribution in [2.75, 3.05) is 45.9 Å². The van der Waals surface area contributed by atoms with Gasteiger partial charge in [-0.05, 0) is 0 Å². The third-order valence-electron chi connectivity index (χ3n) is 4.83. The highest BCUT2D eigenvalue weighted by atomic mass is 32.1. The molecule has 2 N–H and O–H groups in total. The van der Waals surface area contributed by atoms with Crippen molar-refractivity contribution in [3.8, 4) is 0 Å². The topological polar surface area (TPSA) is 151 Å². The van der Waals surface area contributed by atoms with E-state index in [1.54, 1.807) is 11.6 Å². The van der Waals surface area contributed by atoms with Gasteiger partial charge in [0.2, 0.25) is 11.8 Å². The van der Waals surface area contributed by atoms with E-state index in [1.165, 1.54) is 31.7 Å². The first-order chi connectivity index (χ1) is 15.0. The summed E-state index contributed by atoms with van der Waals surface area (Å²) in [7, 11) is 0. The van der Waals surface area contributed by atoms with Crippen molar-refractivity contribution < 1.29 is 29.0 Å². The minimum absolute atomic E-state index is 0.00334. The Morgan fingerprint density at radius 2 is 2.06 bits per heavy atom. The number of aromatic nitrogens is 2. The van der Waals surface area contributed by atoms with Crippen molar-refractivity contribution >= 4 is 40.5 Å². The minimum Gasteiger partial charge on any atom is -0.483 e. The predicted molar refractivity (Wildman–Crippen MR) is 108 cm³/mol. The molecule has 166 valence electrons. The van der Waals surface area contributed by atoms with Crippen LogP contribution in [0.4, 0.5) is 0 Å². The van der Waals surface area contributed by atoms with Gasteiger partial charge in [0, 0.05) is 44.0 Å². The molecule has 2 aliphatic heterocycles. The van der Waals surface area contributed by atoms with Crippen molar-refractivity contribution in [3.63, 3.8) is 0 Å². The maximum absolute atomic E-state index is 13.0. The van der Waals surface area contributed by atoms with Crippen LogP contribution < -0.4 is 10.9 Å². The number of piperazine rings is 1. The molecule has 0 spiro atoms. The Labute approximate surface area is 180 Å². The number of thiazole rings is 1. The zero-order valence-corrected chi connectivity index (χ0v) is 17.2. The third-order valence-corrected chi connectivity index (χ3v) is 5.60. The smallest absolute Gasteiger partial charge is 0.290 e. The molecule has 1 unspecified atom stereocenters. The molecule has 0 aliphatic carbocycles. The second-order valence-electron chi connectivity index (χ2n) is 6.77. The molecule has 2 fully saturated rings. The molecule has 31 heavy (non-hydrogen) atoms. The third kappa shape index (κ3) is 5.06. The van der Waals surface area contributed by atoms with Gasteiger partial charge in [0.25, 0.3) is 17.9 Å². The first-order valence-corrected chi connectivity index (χ1v) is 10.3. The highest BCUT2D eigenvalue weighted by Gasteiger charge is 2.33. The molecule has 0 bridgehead atoms. The van der Waals surface area contributed by atoms with Gasteiger partial charge in [-0.1, -0.05) is 0 Å². The predicted octanol–water partition coefficient (Wildman–Crippen LogP) is -1.50. The van der Waals surface area contributed by atoms with E-state index < -0.39 is 17.4 Å². The minimum atomic E-state index is -0.585. The van der Waals surface area contributed by atoms with Crippen molar-refractivity contribution in [2.45, 2.75) is 0 Å². The first kappa shape index (κ1) is 22.4. The second-order valence-corrected chi connectivity index (χ2v) is 7.64. The Hall–Kier alpha value is -3.32. The summed E-state index contributed by atoms with van der Waals surface area (Å²) in [6.45, 7) is 1.42. The van der Waals surface area contributed by atoms with Crippen LogP contribution in [-0.4, -0.2) is 94.4 Å². The van der Waals surface area contributed by atoms with Gasteiger partial charge in [-0.2, -0.15) is 0 Å². The number of carbonyl (C=O) groups excluding carboxylic acids is 3. The summed E-state index contributed by atoms with van der Waals surface area (Å²) in [6, 6.07) is 0.